The van der Waals surface area contributed by atoms with Crippen LogP contribution in [0.25, 0.3) is 0 Å². The Morgan fingerprint density at radius 1 is 1.10 bits per heavy atom. The first-order valence-corrected chi connectivity index (χ1v) is 7.46. The normalized spacial score (nSPS) is 27.4. The van der Waals surface area contributed by atoms with Gasteiger partial charge < -0.3 is 10.4 Å². The summed E-state index contributed by atoms with van der Waals surface area (Å²) in [6, 6.07) is 0. The van der Waals surface area contributed by atoms with Gasteiger partial charge in [0.1, 0.15) is 0 Å². The summed E-state index contributed by atoms with van der Waals surface area (Å²) in [4.78, 5) is 23.7. The number of hydrogen-bond donors (Lipinski definition) is 2. The summed E-state index contributed by atoms with van der Waals surface area (Å²) in [5.74, 6) is -1.56. The molecule has 2 N–H and O–H groups in total. The van der Waals surface area contributed by atoms with E-state index in [1.807, 2.05) is 20.8 Å². The summed E-state index contributed by atoms with van der Waals surface area (Å²) in [7, 11) is 0. The van der Waals surface area contributed by atoms with E-state index >= 15 is 0 Å². The molecule has 0 aromatic heterocycles. The maximum absolute atomic E-state index is 12.4. The molecule has 0 saturated heterocycles. The molecule has 1 rings (SSSR count). The third kappa shape index (κ3) is 4.80. The molecule has 0 aromatic rings. The number of hydrogen-bond acceptors (Lipinski definition) is 2. The first kappa shape index (κ1) is 17.0. The van der Waals surface area contributed by atoms with E-state index in [1.165, 1.54) is 0 Å². The van der Waals surface area contributed by atoms with Crippen molar-refractivity contribution < 1.29 is 14.7 Å². The lowest BCUT2D eigenvalue weighted by molar-refractivity contribution is -0.146. The predicted octanol–water partition coefficient (Wildman–Crippen LogP) is 3.06. The number of aliphatic carboxylic acids is 1. The lowest BCUT2D eigenvalue weighted by Crippen LogP contribution is -2.49. The Hall–Kier alpha value is -1.06. The second kappa shape index (κ2) is 5.74. The minimum absolute atomic E-state index is 0.101. The van der Waals surface area contributed by atoms with E-state index in [2.05, 4.69) is 26.1 Å². The number of rotatable bonds is 4. The van der Waals surface area contributed by atoms with Gasteiger partial charge in [-0.1, -0.05) is 27.7 Å². The highest BCUT2D eigenvalue weighted by atomic mass is 16.4. The predicted molar refractivity (Wildman–Crippen MR) is 79.3 cm³/mol. The first-order chi connectivity index (χ1) is 8.91. The molecule has 20 heavy (non-hydrogen) atoms. The monoisotopic (exact) mass is 283 g/mol. The molecule has 0 spiro atoms. The summed E-state index contributed by atoms with van der Waals surface area (Å²) in [6.45, 7) is 12.4. The van der Waals surface area contributed by atoms with Crippen LogP contribution in [-0.2, 0) is 9.59 Å². The average Bonchev–Trinajstić information content (AvgIpc) is 2.55. The van der Waals surface area contributed by atoms with Crippen LogP contribution in [0.15, 0.2) is 0 Å². The number of amides is 1. The number of carbonyl (C=O) groups excluding carboxylic acids is 1. The summed E-state index contributed by atoms with van der Waals surface area (Å²) in [5.41, 5.74) is -0.198. The topological polar surface area (TPSA) is 66.4 Å². The summed E-state index contributed by atoms with van der Waals surface area (Å²) < 4.78 is 0. The molecule has 1 saturated carbocycles. The van der Waals surface area contributed by atoms with Crippen LogP contribution >= 0.6 is 0 Å². The standard InChI is InChI=1S/C16H29NO3/c1-10-7-11(12(8-10)14(19)20)13(18)17-16(5,6)9-15(2,3)4/h10-12H,7-9H2,1-6H3,(H,17,18)(H,19,20)/t10?,11-,12+/m0/s1. The Balaban J connectivity index is 2.72. The van der Waals surface area contributed by atoms with Gasteiger partial charge in [0.25, 0.3) is 0 Å². The van der Waals surface area contributed by atoms with Crippen LogP contribution in [0.3, 0.4) is 0 Å². The molecule has 1 fully saturated rings. The van der Waals surface area contributed by atoms with Crippen molar-refractivity contribution in [3.05, 3.63) is 0 Å². The minimum Gasteiger partial charge on any atom is -0.481 e. The molecule has 116 valence electrons. The van der Waals surface area contributed by atoms with Gasteiger partial charge in [0.05, 0.1) is 11.8 Å². The van der Waals surface area contributed by atoms with Crippen molar-refractivity contribution in [2.75, 3.05) is 0 Å². The zero-order valence-corrected chi connectivity index (χ0v) is 13.6. The molecular weight excluding hydrogens is 254 g/mol. The molecule has 1 aliphatic rings. The Bertz CT molecular complexity index is 382. The van der Waals surface area contributed by atoms with Crippen molar-refractivity contribution in [2.24, 2.45) is 23.2 Å². The maximum Gasteiger partial charge on any atom is 0.307 e. The van der Waals surface area contributed by atoms with Crippen LogP contribution in [0.4, 0.5) is 0 Å². The van der Waals surface area contributed by atoms with E-state index in [1.54, 1.807) is 0 Å². The fourth-order valence-electron chi connectivity index (χ4n) is 3.65. The Morgan fingerprint density at radius 2 is 1.60 bits per heavy atom. The Morgan fingerprint density at radius 3 is 2.05 bits per heavy atom. The number of carbonyl (C=O) groups is 2. The smallest absolute Gasteiger partial charge is 0.307 e. The third-order valence-electron chi connectivity index (χ3n) is 3.89. The van der Waals surface area contributed by atoms with E-state index in [0.717, 1.165) is 6.42 Å². The highest BCUT2D eigenvalue weighted by Gasteiger charge is 2.42. The highest BCUT2D eigenvalue weighted by molar-refractivity contribution is 5.85. The SMILES string of the molecule is CC1C[C@H](C(=O)NC(C)(C)CC(C)(C)C)[C@H](C(=O)O)C1. The quantitative estimate of drug-likeness (QED) is 0.833. The third-order valence-corrected chi connectivity index (χ3v) is 3.89. The lowest BCUT2D eigenvalue weighted by Gasteiger charge is -2.34. The number of carboxylic acid groups (broad SMARTS) is 1. The second-order valence-electron chi connectivity index (χ2n) is 8.24. The van der Waals surface area contributed by atoms with Gasteiger partial charge in [0, 0.05) is 5.54 Å². The van der Waals surface area contributed by atoms with E-state index in [0.29, 0.717) is 18.8 Å². The van der Waals surface area contributed by atoms with E-state index < -0.39 is 11.9 Å². The Labute approximate surface area is 122 Å². The highest BCUT2D eigenvalue weighted by Crippen LogP contribution is 2.37. The molecule has 1 amide bonds. The van der Waals surface area contributed by atoms with Crippen LogP contribution in [-0.4, -0.2) is 22.5 Å². The van der Waals surface area contributed by atoms with Crippen molar-refractivity contribution in [3.8, 4) is 0 Å². The summed E-state index contributed by atoms with van der Waals surface area (Å²) in [6.07, 6.45) is 2.13. The molecule has 1 unspecified atom stereocenters. The van der Waals surface area contributed by atoms with Gasteiger partial charge in [0.2, 0.25) is 5.91 Å². The molecule has 0 aliphatic heterocycles. The second-order valence-corrected chi connectivity index (χ2v) is 8.24. The molecule has 3 atom stereocenters. The fourth-order valence-corrected chi connectivity index (χ4v) is 3.65. The van der Waals surface area contributed by atoms with E-state index in [9.17, 15) is 14.7 Å². The molecule has 0 radical (unpaired) electrons. The zero-order valence-electron chi connectivity index (χ0n) is 13.6. The number of carboxylic acids is 1. The van der Waals surface area contributed by atoms with Crippen LogP contribution < -0.4 is 5.32 Å². The molecule has 4 heteroatoms. The Kier molecular flexibility index (Phi) is 4.88. The van der Waals surface area contributed by atoms with Crippen LogP contribution in [0.5, 0.6) is 0 Å². The van der Waals surface area contributed by atoms with Gasteiger partial charge in [-0.25, -0.2) is 0 Å². The fraction of sp³-hybridized carbons (Fsp3) is 0.875. The average molecular weight is 283 g/mol. The lowest BCUT2D eigenvalue weighted by atomic mass is 9.81. The van der Waals surface area contributed by atoms with Crippen molar-refractivity contribution in [3.63, 3.8) is 0 Å². The van der Waals surface area contributed by atoms with Gasteiger partial charge in [-0.15, -0.1) is 0 Å². The first-order valence-electron chi connectivity index (χ1n) is 7.46. The van der Waals surface area contributed by atoms with E-state index in [-0.39, 0.29) is 22.8 Å². The van der Waals surface area contributed by atoms with Crippen molar-refractivity contribution in [2.45, 2.75) is 66.3 Å². The molecule has 1 aliphatic carbocycles. The van der Waals surface area contributed by atoms with Crippen molar-refractivity contribution in [1.29, 1.82) is 0 Å². The molecule has 0 heterocycles. The van der Waals surface area contributed by atoms with Gasteiger partial charge >= 0.3 is 5.97 Å². The largest absolute Gasteiger partial charge is 0.481 e. The zero-order chi connectivity index (χ0) is 15.7. The van der Waals surface area contributed by atoms with Gasteiger partial charge in [0.15, 0.2) is 0 Å². The van der Waals surface area contributed by atoms with Crippen molar-refractivity contribution >= 4 is 11.9 Å². The summed E-state index contributed by atoms with van der Waals surface area (Å²) in [5, 5.41) is 12.3. The minimum atomic E-state index is -0.844. The molecule has 0 aromatic carbocycles. The summed E-state index contributed by atoms with van der Waals surface area (Å²) >= 11 is 0. The van der Waals surface area contributed by atoms with Gasteiger partial charge in [-0.3, -0.25) is 9.59 Å². The van der Waals surface area contributed by atoms with Gasteiger partial charge in [-0.2, -0.15) is 0 Å². The maximum atomic E-state index is 12.4. The molecule has 0 bridgehead atoms. The van der Waals surface area contributed by atoms with Crippen LogP contribution in [0, 0.1) is 23.2 Å². The van der Waals surface area contributed by atoms with Gasteiger partial charge in [-0.05, 0) is 44.4 Å². The van der Waals surface area contributed by atoms with Crippen LogP contribution in [0.1, 0.15) is 60.8 Å². The van der Waals surface area contributed by atoms with Crippen molar-refractivity contribution in [1.82, 2.24) is 5.32 Å². The number of nitrogens with one attached hydrogen (secondary N) is 1. The van der Waals surface area contributed by atoms with Crippen LogP contribution in [0.2, 0.25) is 0 Å². The molecule has 4 nitrogen and oxygen atoms in total. The molecular formula is C16H29NO3. The van der Waals surface area contributed by atoms with E-state index in [4.69, 9.17) is 0 Å².